The van der Waals surface area contributed by atoms with Crippen molar-refractivity contribution in [3.63, 3.8) is 0 Å². The number of hydrogen-bond donors (Lipinski definition) is 3. The van der Waals surface area contributed by atoms with Gasteiger partial charge in [0.15, 0.2) is 0 Å². The molecule has 0 atom stereocenters. The van der Waals surface area contributed by atoms with Crippen molar-refractivity contribution in [2.24, 2.45) is 0 Å². The van der Waals surface area contributed by atoms with Gasteiger partial charge < -0.3 is 21.1 Å². The van der Waals surface area contributed by atoms with Gasteiger partial charge >= 0.3 is 0 Å². The molecule has 2 aromatic rings. The molecule has 1 aliphatic heterocycles. The fraction of sp³-hybridized carbons (Fsp3) is 0.278. The Morgan fingerprint density at radius 3 is 2.39 bits per heavy atom. The summed E-state index contributed by atoms with van der Waals surface area (Å²) in [5.41, 5.74) is 8.67. The molecular formula is C18H21N3O2. The van der Waals surface area contributed by atoms with Crippen molar-refractivity contribution >= 4 is 23.0 Å². The van der Waals surface area contributed by atoms with Crippen LogP contribution in [0.5, 0.6) is 0 Å². The summed E-state index contributed by atoms with van der Waals surface area (Å²) in [5.74, 6) is -0.177. The lowest BCUT2D eigenvalue weighted by atomic mass is 10.1. The summed E-state index contributed by atoms with van der Waals surface area (Å²) >= 11 is 0. The Labute approximate surface area is 135 Å². The number of nitrogens with zero attached hydrogens (tertiary/aromatic N) is 1. The van der Waals surface area contributed by atoms with Crippen molar-refractivity contribution in [2.45, 2.75) is 18.9 Å². The van der Waals surface area contributed by atoms with Crippen LogP contribution >= 0.6 is 0 Å². The molecule has 0 saturated carbocycles. The Bertz CT molecular complexity index is 677. The van der Waals surface area contributed by atoms with Crippen LogP contribution < -0.4 is 16.0 Å². The van der Waals surface area contributed by atoms with Crippen LogP contribution in [-0.2, 0) is 0 Å². The number of rotatable bonds is 3. The van der Waals surface area contributed by atoms with Crippen LogP contribution in [0.4, 0.5) is 17.1 Å². The van der Waals surface area contributed by atoms with Crippen LogP contribution in [0, 0.1) is 0 Å². The van der Waals surface area contributed by atoms with Gasteiger partial charge in [-0.25, -0.2) is 0 Å². The first-order valence-electron chi connectivity index (χ1n) is 7.82. The highest BCUT2D eigenvalue weighted by Gasteiger charge is 2.17. The van der Waals surface area contributed by atoms with Crippen LogP contribution in [-0.4, -0.2) is 30.2 Å². The largest absolute Gasteiger partial charge is 0.397 e. The summed E-state index contributed by atoms with van der Waals surface area (Å²) in [6, 6.07) is 14.7. The predicted octanol–water partition coefficient (Wildman–Crippen LogP) is 2.48. The molecule has 0 unspecified atom stereocenters. The molecule has 1 aliphatic rings. The second-order valence-electron chi connectivity index (χ2n) is 5.81. The molecule has 5 nitrogen and oxygen atoms in total. The minimum Gasteiger partial charge on any atom is -0.397 e. The summed E-state index contributed by atoms with van der Waals surface area (Å²) in [6.45, 7) is 1.68. The zero-order valence-electron chi connectivity index (χ0n) is 12.9. The fourth-order valence-electron chi connectivity index (χ4n) is 2.75. The van der Waals surface area contributed by atoms with Crippen molar-refractivity contribution in [1.29, 1.82) is 0 Å². The molecule has 1 heterocycles. The first kappa shape index (κ1) is 15.4. The van der Waals surface area contributed by atoms with Gasteiger partial charge in [-0.15, -0.1) is 0 Å². The van der Waals surface area contributed by atoms with Crippen LogP contribution in [0.3, 0.4) is 0 Å². The van der Waals surface area contributed by atoms with Gasteiger partial charge in [-0.05, 0) is 49.2 Å². The molecule has 0 bridgehead atoms. The van der Waals surface area contributed by atoms with Gasteiger partial charge in [0.05, 0.1) is 17.5 Å². The van der Waals surface area contributed by atoms with Gasteiger partial charge in [-0.2, -0.15) is 0 Å². The quantitative estimate of drug-likeness (QED) is 0.761. The number of hydrogen-bond acceptors (Lipinski definition) is 4. The maximum absolute atomic E-state index is 12.3. The molecule has 5 heteroatoms. The smallest absolute Gasteiger partial charge is 0.255 e. The van der Waals surface area contributed by atoms with Gasteiger partial charge in [0, 0.05) is 24.3 Å². The van der Waals surface area contributed by atoms with E-state index in [0.717, 1.165) is 31.6 Å². The standard InChI is InChI=1S/C18H21N3O2/c19-16-3-1-2-4-17(16)20-18(23)13-5-7-14(8-6-13)21-11-9-15(22)10-12-21/h1-8,15,22H,9-12,19H2,(H,20,23). The summed E-state index contributed by atoms with van der Waals surface area (Å²) in [6.07, 6.45) is 1.39. The van der Waals surface area contributed by atoms with Gasteiger partial charge in [-0.3, -0.25) is 4.79 Å². The van der Waals surface area contributed by atoms with Crippen LogP contribution in [0.2, 0.25) is 0 Å². The number of benzene rings is 2. The third-order valence-electron chi connectivity index (χ3n) is 4.17. The van der Waals surface area contributed by atoms with Crippen LogP contribution in [0.25, 0.3) is 0 Å². The van der Waals surface area contributed by atoms with E-state index in [1.54, 1.807) is 12.1 Å². The number of amides is 1. The van der Waals surface area contributed by atoms with Gasteiger partial charge in [0.1, 0.15) is 0 Å². The topological polar surface area (TPSA) is 78.6 Å². The molecule has 23 heavy (non-hydrogen) atoms. The van der Waals surface area contributed by atoms with Crippen molar-refractivity contribution < 1.29 is 9.90 Å². The maximum atomic E-state index is 12.3. The molecule has 120 valence electrons. The number of nitrogens with two attached hydrogens (primary N) is 1. The highest BCUT2D eigenvalue weighted by Crippen LogP contribution is 2.22. The summed E-state index contributed by atoms with van der Waals surface area (Å²) in [7, 11) is 0. The van der Waals surface area contributed by atoms with E-state index in [2.05, 4.69) is 10.2 Å². The predicted molar refractivity (Wildman–Crippen MR) is 92.7 cm³/mol. The highest BCUT2D eigenvalue weighted by atomic mass is 16.3. The van der Waals surface area contributed by atoms with Crippen molar-refractivity contribution in [1.82, 2.24) is 0 Å². The number of anilines is 3. The normalized spacial score (nSPS) is 15.4. The second-order valence-corrected chi connectivity index (χ2v) is 5.81. The van der Waals surface area contributed by atoms with Crippen molar-refractivity contribution in [3.8, 4) is 0 Å². The molecule has 1 saturated heterocycles. The van der Waals surface area contributed by atoms with E-state index < -0.39 is 0 Å². The molecular weight excluding hydrogens is 290 g/mol. The minimum absolute atomic E-state index is 0.177. The summed E-state index contributed by atoms with van der Waals surface area (Å²) in [5, 5.41) is 12.4. The number of aliphatic hydroxyl groups excluding tert-OH is 1. The third kappa shape index (κ3) is 3.63. The van der Waals surface area contributed by atoms with E-state index in [4.69, 9.17) is 5.73 Å². The minimum atomic E-state index is -0.187. The zero-order chi connectivity index (χ0) is 16.2. The van der Waals surface area contributed by atoms with E-state index in [-0.39, 0.29) is 12.0 Å². The Morgan fingerprint density at radius 1 is 1.09 bits per heavy atom. The fourth-order valence-corrected chi connectivity index (χ4v) is 2.75. The lowest BCUT2D eigenvalue weighted by Crippen LogP contribution is -2.35. The van der Waals surface area contributed by atoms with E-state index in [9.17, 15) is 9.90 Å². The van der Waals surface area contributed by atoms with E-state index in [1.807, 2.05) is 36.4 Å². The van der Waals surface area contributed by atoms with Gasteiger partial charge in [0.25, 0.3) is 5.91 Å². The Hall–Kier alpha value is -2.53. The Morgan fingerprint density at radius 2 is 1.74 bits per heavy atom. The molecule has 0 aromatic heterocycles. The second kappa shape index (κ2) is 6.71. The van der Waals surface area contributed by atoms with E-state index in [0.29, 0.717) is 16.9 Å². The van der Waals surface area contributed by atoms with E-state index in [1.165, 1.54) is 0 Å². The molecule has 3 rings (SSSR count). The Balaban J connectivity index is 1.67. The molecule has 0 radical (unpaired) electrons. The molecule has 1 fully saturated rings. The first-order chi connectivity index (χ1) is 11.1. The van der Waals surface area contributed by atoms with Crippen molar-refractivity contribution in [2.75, 3.05) is 29.0 Å². The van der Waals surface area contributed by atoms with Crippen LogP contribution in [0.15, 0.2) is 48.5 Å². The maximum Gasteiger partial charge on any atom is 0.255 e. The Kier molecular flexibility index (Phi) is 4.48. The number of piperidine rings is 1. The lowest BCUT2D eigenvalue weighted by Gasteiger charge is -2.31. The molecule has 0 aliphatic carbocycles. The average Bonchev–Trinajstić information content (AvgIpc) is 2.58. The van der Waals surface area contributed by atoms with Crippen molar-refractivity contribution in [3.05, 3.63) is 54.1 Å². The van der Waals surface area contributed by atoms with Gasteiger partial charge in [-0.1, -0.05) is 12.1 Å². The number of carbonyl (C=O) groups is 1. The summed E-state index contributed by atoms with van der Waals surface area (Å²) in [4.78, 5) is 14.5. The first-order valence-corrected chi connectivity index (χ1v) is 7.82. The number of carbonyl (C=O) groups excluding carboxylic acids is 1. The monoisotopic (exact) mass is 311 g/mol. The zero-order valence-corrected chi connectivity index (χ0v) is 12.9. The third-order valence-corrected chi connectivity index (χ3v) is 4.17. The molecule has 1 amide bonds. The molecule has 0 spiro atoms. The number of aliphatic hydroxyl groups is 1. The lowest BCUT2D eigenvalue weighted by molar-refractivity contribution is 0.102. The van der Waals surface area contributed by atoms with E-state index >= 15 is 0 Å². The molecule has 4 N–H and O–H groups in total. The number of nitrogens with one attached hydrogen (secondary N) is 1. The highest BCUT2D eigenvalue weighted by molar-refractivity contribution is 6.05. The van der Waals surface area contributed by atoms with Crippen LogP contribution in [0.1, 0.15) is 23.2 Å². The number of nitrogen functional groups attached to an aromatic ring is 1. The molecule has 2 aromatic carbocycles. The SMILES string of the molecule is Nc1ccccc1NC(=O)c1ccc(N2CCC(O)CC2)cc1. The number of para-hydroxylation sites is 2. The van der Waals surface area contributed by atoms with Gasteiger partial charge in [0.2, 0.25) is 0 Å². The average molecular weight is 311 g/mol. The summed E-state index contributed by atoms with van der Waals surface area (Å²) < 4.78 is 0.